The van der Waals surface area contributed by atoms with Gasteiger partial charge >= 0.3 is 0 Å². The summed E-state index contributed by atoms with van der Waals surface area (Å²) < 4.78 is 5.71. The molecule has 0 saturated heterocycles. The number of hydrogen-bond donors (Lipinski definition) is 1. The van der Waals surface area contributed by atoms with Crippen molar-refractivity contribution in [3.05, 3.63) is 29.8 Å². The minimum absolute atomic E-state index is 0.427. The largest absolute Gasteiger partial charge is 0.493 e. The Bertz CT molecular complexity index is 379. The van der Waals surface area contributed by atoms with Gasteiger partial charge in [-0.15, -0.1) is 0 Å². The van der Waals surface area contributed by atoms with Gasteiger partial charge in [0.05, 0.1) is 6.61 Å². The maximum atomic E-state index is 5.71. The number of ether oxygens (including phenoxy) is 1. The standard InChI is InChI=1S/C17H27NO/c1-12(2)11-19-17-7-5-15(6-8-17)14(4)18-16-9-13(3)10-16/h5-8,12-14,16,18H,9-11H2,1-4H3. The third kappa shape index (κ3) is 4.24. The summed E-state index contributed by atoms with van der Waals surface area (Å²) in [4.78, 5) is 0. The fraction of sp³-hybridized carbons (Fsp3) is 0.647. The van der Waals surface area contributed by atoms with Crippen LogP contribution in [0.2, 0.25) is 0 Å². The van der Waals surface area contributed by atoms with E-state index >= 15 is 0 Å². The van der Waals surface area contributed by atoms with Crippen LogP contribution in [0.4, 0.5) is 0 Å². The molecule has 1 aliphatic rings. The van der Waals surface area contributed by atoms with E-state index in [4.69, 9.17) is 4.74 Å². The van der Waals surface area contributed by atoms with Gasteiger partial charge in [0, 0.05) is 12.1 Å². The zero-order chi connectivity index (χ0) is 13.8. The molecule has 0 spiro atoms. The Morgan fingerprint density at radius 3 is 2.32 bits per heavy atom. The molecule has 1 aromatic rings. The van der Waals surface area contributed by atoms with Crippen LogP contribution in [-0.4, -0.2) is 12.6 Å². The van der Waals surface area contributed by atoms with Crippen LogP contribution >= 0.6 is 0 Å². The number of nitrogens with one attached hydrogen (secondary N) is 1. The highest BCUT2D eigenvalue weighted by Gasteiger charge is 2.26. The maximum absolute atomic E-state index is 5.71. The molecule has 0 heterocycles. The van der Waals surface area contributed by atoms with Crippen LogP contribution in [0.25, 0.3) is 0 Å². The first-order chi connectivity index (χ1) is 9.04. The molecule has 0 bridgehead atoms. The summed E-state index contributed by atoms with van der Waals surface area (Å²) in [6.45, 7) is 9.68. The second kappa shape index (κ2) is 6.42. The molecule has 19 heavy (non-hydrogen) atoms. The topological polar surface area (TPSA) is 21.3 Å². The minimum Gasteiger partial charge on any atom is -0.493 e. The Morgan fingerprint density at radius 1 is 1.16 bits per heavy atom. The molecule has 1 fully saturated rings. The van der Waals surface area contributed by atoms with Crippen LogP contribution in [0.5, 0.6) is 5.75 Å². The second-order valence-corrected chi connectivity index (χ2v) is 6.44. The third-order valence-electron chi connectivity index (χ3n) is 3.82. The molecule has 1 unspecified atom stereocenters. The Kier molecular flexibility index (Phi) is 4.87. The van der Waals surface area contributed by atoms with Crippen LogP contribution in [0.15, 0.2) is 24.3 Å². The van der Waals surface area contributed by atoms with Gasteiger partial charge in [0.2, 0.25) is 0 Å². The fourth-order valence-corrected chi connectivity index (χ4v) is 2.60. The lowest BCUT2D eigenvalue weighted by molar-refractivity contribution is 0.226. The molecule has 2 nitrogen and oxygen atoms in total. The lowest BCUT2D eigenvalue weighted by atomic mass is 9.81. The molecule has 1 saturated carbocycles. The van der Waals surface area contributed by atoms with E-state index in [0.29, 0.717) is 18.0 Å². The van der Waals surface area contributed by atoms with Gasteiger partial charge in [0.25, 0.3) is 0 Å². The number of benzene rings is 1. The molecule has 0 radical (unpaired) electrons. The van der Waals surface area contributed by atoms with Gasteiger partial charge in [-0.05, 0) is 49.3 Å². The van der Waals surface area contributed by atoms with E-state index in [-0.39, 0.29) is 0 Å². The molecule has 0 amide bonds. The zero-order valence-electron chi connectivity index (χ0n) is 12.6. The Morgan fingerprint density at radius 2 is 1.79 bits per heavy atom. The van der Waals surface area contributed by atoms with Crippen LogP contribution < -0.4 is 10.1 Å². The molecule has 2 heteroatoms. The van der Waals surface area contributed by atoms with E-state index in [1.165, 1.54) is 18.4 Å². The van der Waals surface area contributed by atoms with Gasteiger partial charge in [0.15, 0.2) is 0 Å². The molecule has 1 aromatic carbocycles. The van der Waals surface area contributed by atoms with E-state index in [2.05, 4.69) is 57.3 Å². The zero-order valence-corrected chi connectivity index (χ0v) is 12.6. The van der Waals surface area contributed by atoms with Gasteiger partial charge in [-0.1, -0.05) is 32.9 Å². The van der Waals surface area contributed by atoms with Gasteiger partial charge < -0.3 is 10.1 Å². The summed E-state index contributed by atoms with van der Waals surface area (Å²) in [5, 5.41) is 3.69. The van der Waals surface area contributed by atoms with Crippen LogP contribution in [0, 0.1) is 11.8 Å². The van der Waals surface area contributed by atoms with Crippen molar-refractivity contribution in [2.45, 2.75) is 52.6 Å². The Hall–Kier alpha value is -1.02. The van der Waals surface area contributed by atoms with E-state index in [1.54, 1.807) is 0 Å². The van der Waals surface area contributed by atoms with Crippen molar-refractivity contribution in [3.8, 4) is 5.75 Å². The summed E-state index contributed by atoms with van der Waals surface area (Å²) in [6, 6.07) is 9.65. The smallest absolute Gasteiger partial charge is 0.119 e. The number of rotatable bonds is 6. The summed E-state index contributed by atoms with van der Waals surface area (Å²) in [7, 11) is 0. The molecule has 1 aliphatic carbocycles. The van der Waals surface area contributed by atoms with Crippen molar-refractivity contribution < 1.29 is 4.74 Å². The maximum Gasteiger partial charge on any atom is 0.119 e. The molecular formula is C17H27NO. The van der Waals surface area contributed by atoms with Crippen LogP contribution in [-0.2, 0) is 0 Å². The molecule has 1 atom stereocenters. The lowest BCUT2D eigenvalue weighted by Crippen LogP contribution is -2.41. The van der Waals surface area contributed by atoms with Gasteiger partial charge in [-0.3, -0.25) is 0 Å². The van der Waals surface area contributed by atoms with Crippen molar-refractivity contribution >= 4 is 0 Å². The molecule has 0 aromatic heterocycles. The summed E-state index contributed by atoms with van der Waals surface area (Å²) in [5.41, 5.74) is 1.34. The normalized spacial score (nSPS) is 24.1. The van der Waals surface area contributed by atoms with Crippen LogP contribution in [0.3, 0.4) is 0 Å². The van der Waals surface area contributed by atoms with E-state index in [1.807, 2.05) is 0 Å². The quantitative estimate of drug-likeness (QED) is 0.830. The molecule has 0 aliphatic heterocycles. The highest BCUT2D eigenvalue weighted by Crippen LogP contribution is 2.29. The minimum atomic E-state index is 0.427. The van der Waals surface area contributed by atoms with Crippen LogP contribution in [0.1, 0.15) is 52.1 Å². The molecule has 1 N–H and O–H groups in total. The van der Waals surface area contributed by atoms with Crippen molar-refractivity contribution in [1.82, 2.24) is 5.32 Å². The van der Waals surface area contributed by atoms with E-state index < -0.39 is 0 Å². The van der Waals surface area contributed by atoms with Crippen molar-refractivity contribution in [3.63, 3.8) is 0 Å². The molecule has 106 valence electrons. The SMILES string of the molecule is CC(C)COc1ccc(C(C)NC2CC(C)C2)cc1. The monoisotopic (exact) mass is 261 g/mol. The average Bonchev–Trinajstić information content (AvgIpc) is 2.35. The van der Waals surface area contributed by atoms with Gasteiger partial charge in [-0.2, -0.15) is 0 Å². The highest BCUT2D eigenvalue weighted by atomic mass is 16.5. The van der Waals surface area contributed by atoms with Crippen molar-refractivity contribution in [1.29, 1.82) is 0 Å². The average molecular weight is 261 g/mol. The fourth-order valence-electron chi connectivity index (χ4n) is 2.60. The van der Waals surface area contributed by atoms with Gasteiger partial charge in [0.1, 0.15) is 5.75 Å². The van der Waals surface area contributed by atoms with Crippen molar-refractivity contribution in [2.75, 3.05) is 6.61 Å². The summed E-state index contributed by atoms with van der Waals surface area (Å²) >= 11 is 0. The molecule has 2 rings (SSSR count). The third-order valence-corrected chi connectivity index (χ3v) is 3.82. The Labute approximate surface area is 117 Å². The van der Waals surface area contributed by atoms with E-state index in [9.17, 15) is 0 Å². The van der Waals surface area contributed by atoms with Gasteiger partial charge in [-0.25, -0.2) is 0 Å². The summed E-state index contributed by atoms with van der Waals surface area (Å²) in [5.74, 6) is 2.44. The first kappa shape index (κ1) is 14.4. The molecular weight excluding hydrogens is 234 g/mol. The first-order valence-electron chi connectivity index (χ1n) is 7.53. The van der Waals surface area contributed by atoms with E-state index in [0.717, 1.165) is 18.3 Å². The predicted molar refractivity (Wildman–Crippen MR) is 80.5 cm³/mol. The lowest BCUT2D eigenvalue weighted by Gasteiger charge is -2.35. The Balaban J connectivity index is 1.83. The van der Waals surface area contributed by atoms with Crippen molar-refractivity contribution in [2.24, 2.45) is 11.8 Å². The number of hydrogen-bond acceptors (Lipinski definition) is 2. The predicted octanol–water partition coefficient (Wildman–Crippen LogP) is 4.17. The second-order valence-electron chi connectivity index (χ2n) is 6.44. The summed E-state index contributed by atoms with van der Waals surface area (Å²) in [6.07, 6.45) is 2.64. The highest BCUT2D eigenvalue weighted by molar-refractivity contribution is 5.29. The first-order valence-corrected chi connectivity index (χ1v) is 7.53.